The van der Waals surface area contributed by atoms with Crippen molar-refractivity contribution in [1.82, 2.24) is 10.2 Å². The summed E-state index contributed by atoms with van der Waals surface area (Å²) >= 11 is 11.7. The van der Waals surface area contributed by atoms with Crippen LogP contribution in [0.15, 0.2) is 48.5 Å². The molecule has 0 aromatic heterocycles. The van der Waals surface area contributed by atoms with Crippen LogP contribution >= 0.6 is 23.8 Å². The van der Waals surface area contributed by atoms with Crippen LogP contribution in [0.3, 0.4) is 0 Å². The zero-order valence-corrected chi connectivity index (χ0v) is 19.2. The van der Waals surface area contributed by atoms with Gasteiger partial charge in [0.15, 0.2) is 5.11 Å². The third-order valence-corrected chi connectivity index (χ3v) is 5.52. The smallest absolute Gasteiger partial charge is 0.256 e. The maximum absolute atomic E-state index is 13.3. The minimum atomic E-state index is -0.812. The van der Waals surface area contributed by atoms with Crippen LogP contribution in [0.4, 0.5) is 11.4 Å². The molecular formula is C22H23ClN4O4S. The Kier molecular flexibility index (Phi) is 7.66. The highest BCUT2D eigenvalue weighted by Gasteiger charge is 2.43. The van der Waals surface area contributed by atoms with Crippen LogP contribution in [-0.2, 0) is 14.4 Å². The molecule has 1 fully saturated rings. The zero-order valence-electron chi connectivity index (χ0n) is 17.6. The van der Waals surface area contributed by atoms with Gasteiger partial charge in [-0.15, -0.1) is 0 Å². The Morgan fingerprint density at radius 3 is 2.53 bits per heavy atom. The molecule has 0 saturated carbocycles. The van der Waals surface area contributed by atoms with Gasteiger partial charge in [-0.25, -0.2) is 0 Å². The number of nitrogens with one attached hydrogen (secondary N) is 2. The Morgan fingerprint density at radius 2 is 1.91 bits per heavy atom. The van der Waals surface area contributed by atoms with E-state index in [1.165, 1.54) is 11.8 Å². The molecule has 1 saturated heterocycles. The van der Waals surface area contributed by atoms with Gasteiger partial charge in [-0.2, -0.15) is 0 Å². The SMILES string of the molecule is COc1ccc(NC(=O)C[C@H]2C(=O)N(c3cccc(Cl)c3)C(=S)N2CCNC(C)=O)cc1. The molecule has 2 N–H and O–H groups in total. The summed E-state index contributed by atoms with van der Waals surface area (Å²) in [5.41, 5.74) is 1.11. The molecule has 10 heteroatoms. The molecule has 0 radical (unpaired) electrons. The van der Waals surface area contributed by atoms with Crippen LogP contribution in [0.25, 0.3) is 0 Å². The first-order valence-electron chi connectivity index (χ1n) is 9.88. The monoisotopic (exact) mass is 474 g/mol. The molecule has 8 nitrogen and oxygen atoms in total. The number of halogens is 1. The van der Waals surface area contributed by atoms with Crippen LogP contribution < -0.4 is 20.3 Å². The Hall–Kier alpha value is -3.17. The van der Waals surface area contributed by atoms with Gasteiger partial charge in [0.25, 0.3) is 5.91 Å². The second-order valence-corrected chi connectivity index (χ2v) is 7.91. The first-order chi connectivity index (χ1) is 15.3. The lowest BCUT2D eigenvalue weighted by Gasteiger charge is -2.24. The molecule has 0 bridgehead atoms. The fourth-order valence-corrected chi connectivity index (χ4v) is 3.95. The van der Waals surface area contributed by atoms with E-state index in [1.807, 2.05) is 0 Å². The summed E-state index contributed by atoms with van der Waals surface area (Å²) in [6.07, 6.45) is -0.109. The molecule has 2 aromatic rings. The van der Waals surface area contributed by atoms with Crippen LogP contribution in [0.1, 0.15) is 13.3 Å². The van der Waals surface area contributed by atoms with E-state index in [0.29, 0.717) is 22.1 Å². The minimum Gasteiger partial charge on any atom is -0.497 e. The Morgan fingerprint density at radius 1 is 1.19 bits per heavy atom. The molecule has 168 valence electrons. The van der Waals surface area contributed by atoms with Gasteiger partial charge < -0.3 is 20.3 Å². The van der Waals surface area contributed by atoms with Crippen molar-refractivity contribution in [3.63, 3.8) is 0 Å². The number of ether oxygens (including phenoxy) is 1. The van der Waals surface area contributed by atoms with E-state index >= 15 is 0 Å². The Balaban J connectivity index is 1.78. The maximum Gasteiger partial charge on any atom is 0.256 e. The van der Waals surface area contributed by atoms with E-state index in [9.17, 15) is 14.4 Å². The van der Waals surface area contributed by atoms with Gasteiger partial charge in [0.2, 0.25) is 11.8 Å². The highest BCUT2D eigenvalue weighted by Crippen LogP contribution is 2.29. The number of thiocarbonyl (C=S) groups is 1. The highest BCUT2D eigenvalue weighted by atomic mass is 35.5. The summed E-state index contributed by atoms with van der Waals surface area (Å²) in [6.45, 7) is 1.97. The third-order valence-electron chi connectivity index (χ3n) is 4.86. The largest absolute Gasteiger partial charge is 0.497 e. The van der Waals surface area contributed by atoms with E-state index < -0.39 is 6.04 Å². The normalized spacial score (nSPS) is 15.7. The summed E-state index contributed by atoms with van der Waals surface area (Å²) < 4.78 is 5.12. The molecule has 32 heavy (non-hydrogen) atoms. The number of benzene rings is 2. The van der Waals surface area contributed by atoms with Crippen molar-refractivity contribution in [3.05, 3.63) is 53.6 Å². The zero-order chi connectivity index (χ0) is 23.3. The Bertz CT molecular complexity index is 1030. The minimum absolute atomic E-state index is 0.109. The van der Waals surface area contributed by atoms with Crippen molar-refractivity contribution in [3.8, 4) is 5.75 Å². The summed E-state index contributed by atoms with van der Waals surface area (Å²) in [5.74, 6) is -0.193. The molecular weight excluding hydrogens is 452 g/mol. The van der Waals surface area contributed by atoms with E-state index in [-0.39, 0.29) is 42.3 Å². The van der Waals surface area contributed by atoms with Crippen LogP contribution in [0.2, 0.25) is 5.02 Å². The molecule has 0 spiro atoms. The molecule has 1 aliphatic heterocycles. The quantitative estimate of drug-likeness (QED) is 0.572. The number of amides is 3. The number of nitrogens with zero attached hydrogens (tertiary/aromatic N) is 2. The average Bonchev–Trinajstić information content (AvgIpc) is 2.98. The van der Waals surface area contributed by atoms with Gasteiger partial charge in [-0.05, 0) is 54.7 Å². The lowest BCUT2D eigenvalue weighted by Crippen LogP contribution is -2.42. The molecule has 1 aliphatic rings. The van der Waals surface area contributed by atoms with Crippen LogP contribution in [0.5, 0.6) is 5.75 Å². The first kappa shape index (κ1) is 23.5. The van der Waals surface area contributed by atoms with Gasteiger partial charge in [-0.3, -0.25) is 19.3 Å². The topological polar surface area (TPSA) is 91.0 Å². The number of rotatable bonds is 8. The van der Waals surface area contributed by atoms with E-state index in [0.717, 1.165) is 0 Å². The van der Waals surface area contributed by atoms with Gasteiger partial charge in [0.05, 0.1) is 19.2 Å². The summed E-state index contributed by atoms with van der Waals surface area (Å²) in [7, 11) is 1.56. The predicted octanol–water partition coefficient (Wildman–Crippen LogP) is 2.82. The second kappa shape index (κ2) is 10.4. The lowest BCUT2D eigenvalue weighted by molar-refractivity contribution is -0.124. The van der Waals surface area contributed by atoms with Gasteiger partial charge in [0.1, 0.15) is 11.8 Å². The summed E-state index contributed by atoms with van der Waals surface area (Å²) in [6, 6.07) is 12.8. The van der Waals surface area contributed by atoms with Crippen molar-refractivity contribution >= 4 is 58.0 Å². The average molecular weight is 475 g/mol. The number of carbonyl (C=O) groups is 3. The van der Waals surface area contributed by atoms with E-state index in [4.69, 9.17) is 28.6 Å². The molecule has 2 aromatic carbocycles. The van der Waals surface area contributed by atoms with Crippen molar-refractivity contribution in [2.24, 2.45) is 0 Å². The van der Waals surface area contributed by atoms with E-state index in [2.05, 4.69) is 10.6 Å². The van der Waals surface area contributed by atoms with E-state index in [1.54, 1.807) is 60.5 Å². The number of methoxy groups -OCH3 is 1. The molecule has 1 atom stereocenters. The van der Waals surface area contributed by atoms with Crippen LogP contribution in [0, 0.1) is 0 Å². The molecule has 1 heterocycles. The van der Waals surface area contributed by atoms with Gasteiger partial charge >= 0.3 is 0 Å². The molecule has 3 amide bonds. The number of anilines is 2. The Labute approximate surface area is 196 Å². The molecule has 3 rings (SSSR count). The number of hydrogen-bond acceptors (Lipinski definition) is 5. The standard InChI is InChI=1S/C22H23ClN4O4S/c1-14(28)24-10-11-26-19(13-20(29)25-16-6-8-18(31-2)9-7-16)21(30)27(22(26)32)17-5-3-4-15(23)12-17/h3-9,12,19H,10-11,13H2,1-2H3,(H,24,28)(H,25,29)/t19-/m0/s1. The first-order valence-corrected chi connectivity index (χ1v) is 10.7. The number of carbonyl (C=O) groups excluding carboxylic acids is 3. The predicted molar refractivity (Wildman–Crippen MR) is 127 cm³/mol. The number of hydrogen-bond donors (Lipinski definition) is 2. The summed E-state index contributed by atoms with van der Waals surface area (Å²) in [5, 5.41) is 6.20. The van der Waals surface area contributed by atoms with Gasteiger partial charge in [-0.1, -0.05) is 17.7 Å². The third kappa shape index (κ3) is 5.54. The van der Waals surface area contributed by atoms with Crippen molar-refractivity contribution in [1.29, 1.82) is 0 Å². The molecule has 0 aliphatic carbocycles. The fraction of sp³-hybridized carbons (Fsp3) is 0.273. The summed E-state index contributed by atoms with van der Waals surface area (Å²) in [4.78, 5) is 40.3. The van der Waals surface area contributed by atoms with Gasteiger partial charge in [0, 0.05) is 30.7 Å². The second-order valence-electron chi connectivity index (χ2n) is 7.11. The van der Waals surface area contributed by atoms with Crippen molar-refractivity contribution in [2.75, 3.05) is 30.4 Å². The fourth-order valence-electron chi connectivity index (χ4n) is 3.35. The maximum atomic E-state index is 13.3. The van der Waals surface area contributed by atoms with Crippen LogP contribution in [-0.4, -0.2) is 54.0 Å². The molecule has 0 unspecified atom stereocenters. The van der Waals surface area contributed by atoms with Crippen molar-refractivity contribution in [2.45, 2.75) is 19.4 Å². The lowest BCUT2D eigenvalue weighted by atomic mass is 10.1. The highest BCUT2D eigenvalue weighted by molar-refractivity contribution is 7.80. The van der Waals surface area contributed by atoms with Crippen molar-refractivity contribution < 1.29 is 19.1 Å².